The lowest BCUT2D eigenvalue weighted by Gasteiger charge is -2.16. The molecule has 22 heavy (non-hydrogen) atoms. The third-order valence-corrected chi connectivity index (χ3v) is 3.83. The molecule has 0 spiro atoms. The SMILES string of the molecule is COC(=O)[C@H](CSCC(O)COc1ccccc1)NC(C)=O. The fourth-order valence-electron chi connectivity index (χ4n) is 1.64. The summed E-state index contributed by atoms with van der Waals surface area (Å²) in [7, 11) is 1.27. The number of benzene rings is 1. The van der Waals surface area contributed by atoms with E-state index in [9.17, 15) is 14.7 Å². The van der Waals surface area contributed by atoms with Crippen molar-refractivity contribution in [2.45, 2.75) is 19.1 Å². The topological polar surface area (TPSA) is 84.9 Å². The van der Waals surface area contributed by atoms with Gasteiger partial charge in [-0.3, -0.25) is 4.79 Å². The van der Waals surface area contributed by atoms with E-state index in [1.54, 1.807) is 0 Å². The van der Waals surface area contributed by atoms with Crippen LogP contribution in [-0.2, 0) is 14.3 Å². The molecule has 2 N–H and O–H groups in total. The van der Waals surface area contributed by atoms with Gasteiger partial charge in [-0.05, 0) is 12.1 Å². The van der Waals surface area contributed by atoms with Gasteiger partial charge in [0.2, 0.25) is 5.91 Å². The first-order chi connectivity index (χ1) is 10.5. The maximum Gasteiger partial charge on any atom is 0.329 e. The number of carbonyl (C=O) groups excluding carboxylic acids is 2. The van der Waals surface area contributed by atoms with Gasteiger partial charge in [0, 0.05) is 18.4 Å². The summed E-state index contributed by atoms with van der Waals surface area (Å²) >= 11 is 1.34. The smallest absolute Gasteiger partial charge is 0.329 e. The molecule has 6 nitrogen and oxygen atoms in total. The van der Waals surface area contributed by atoms with Crippen LogP contribution in [0.5, 0.6) is 5.75 Å². The fourth-order valence-corrected chi connectivity index (χ4v) is 2.59. The monoisotopic (exact) mass is 327 g/mol. The lowest BCUT2D eigenvalue weighted by atomic mass is 10.3. The molecule has 0 saturated carbocycles. The van der Waals surface area contributed by atoms with Gasteiger partial charge in [0.25, 0.3) is 0 Å². The second-order valence-electron chi connectivity index (χ2n) is 4.59. The van der Waals surface area contributed by atoms with E-state index < -0.39 is 18.1 Å². The van der Waals surface area contributed by atoms with Gasteiger partial charge in [-0.1, -0.05) is 18.2 Å². The highest BCUT2D eigenvalue weighted by molar-refractivity contribution is 7.99. The van der Waals surface area contributed by atoms with E-state index in [1.807, 2.05) is 30.3 Å². The van der Waals surface area contributed by atoms with Crippen molar-refractivity contribution in [3.05, 3.63) is 30.3 Å². The zero-order valence-electron chi connectivity index (χ0n) is 12.7. The Labute approximate surface area is 134 Å². The van der Waals surface area contributed by atoms with Gasteiger partial charge in [-0.2, -0.15) is 11.8 Å². The van der Waals surface area contributed by atoms with Crippen LogP contribution in [0.2, 0.25) is 0 Å². The number of hydrogen-bond donors (Lipinski definition) is 2. The van der Waals surface area contributed by atoms with Crippen LogP contribution in [0.25, 0.3) is 0 Å². The van der Waals surface area contributed by atoms with Crippen LogP contribution in [-0.4, -0.2) is 54.4 Å². The summed E-state index contributed by atoms with van der Waals surface area (Å²) in [5, 5.41) is 12.4. The summed E-state index contributed by atoms with van der Waals surface area (Å²) in [5.41, 5.74) is 0. The first kappa shape index (κ1) is 18.3. The van der Waals surface area contributed by atoms with Gasteiger partial charge < -0.3 is 19.9 Å². The molecule has 7 heteroatoms. The van der Waals surface area contributed by atoms with Crippen molar-refractivity contribution in [2.24, 2.45) is 0 Å². The molecule has 0 aromatic heterocycles. The van der Waals surface area contributed by atoms with E-state index in [1.165, 1.54) is 25.8 Å². The molecule has 1 aromatic rings. The Morgan fingerprint density at radius 2 is 1.95 bits per heavy atom. The molecule has 0 fully saturated rings. The number of nitrogens with one attached hydrogen (secondary N) is 1. The number of ether oxygens (including phenoxy) is 2. The van der Waals surface area contributed by atoms with Crippen molar-refractivity contribution in [3.8, 4) is 5.75 Å². The molecule has 0 bridgehead atoms. The van der Waals surface area contributed by atoms with Crippen LogP contribution in [0.15, 0.2) is 30.3 Å². The van der Waals surface area contributed by atoms with Crippen molar-refractivity contribution in [3.63, 3.8) is 0 Å². The highest BCUT2D eigenvalue weighted by Gasteiger charge is 2.20. The summed E-state index contributed by atoms with van der Waals surface area (Å²) < 4.78 is 10.1. The van der Waals surface area contributed by atoms with Crippen LogP contribution in [0.3, 0.4) is 0 Å². The van der Waals surface area contributed by atoms with Crippen molar-refractivity contribution in [1.82, 2.24) is 5.32 Å². The predicted octanol–water partition coefficient (Wildman–Crippen LogP) is 0.837. The minimum atomic E-state index is -0.713. The number of amides is 1. The Morgan fingerprint density at radius 3 is 2.55 bits per heavy atom. The van der Waals surface area contributed by atoms with Crippen molar-refractivity contribution in [2.75, 3.05) is 25.2 Å². The Morgan fingerprint density at radius 1 is 1.27 bits per heavy atom. The summed E-state index contributed by atoms with van der Waals surface area (Å²) in [6.07, 6.45) is -0.666. The average molecular weight is 327 g/mol. The number of thioether (sulfide) groups is 1. The molecule has 1 aromatic carbocycles. The van der Waals surface area contributed by atoms with Gasteiger partial charge in [-0.15, -0.1) is 0 Å². The maximum absolute atomic E-state index is 11.5. The molecule has 0 aliphatic heterocycles. The van der Waals surface area contributed by atoms with Crippen LogP contribution in [0, 0.1) is 0 Å². The number of aliphatic hydroxyl groups excluding tert-OH is 1. The van der Waals surface area contributed by atoms with E-state index in [0.29, 0.717) is 17.3 Å². The summed E-state index contributed by atoms with van der Waals surface area (Å²) in [6.45, 7) is 1.50. The van der Waals surface area contributed by atoms with Crippen LogP contribution in [0.4, 0.5) is 0 Å². The van der Waals surface area contributed by atoms with Gasteiger partial charge in [0.1, 0.15) is 18.4 Å². The Kier molecular flexibility index (Phi) is 8.39. The molecule has 0 radical (unpaired) electrons. The number of esters is 1. The molecule has 0 aliphatic rings. The Hall–Kier alpha value is -1.73. The zero-order valence-corrected chi connectivity index (χ0v) is 13.5. The number of aliphatic hydroxyl groups is 1. The molecular formula is C15H21NO5S. The van der Waals surface area contributed by atoms with E-state index in [-0.39, 0.29) is 12.5 Å². The standard InChI is InChI=1S/C15H21NO5S/c1-11(17)16-14(15(19)20-2)10-22-9-12(18)8-21-13-6-4-3-5-7-13/h3-7,12,14,18H,8-10H2,1-2H3,(H,16,17)/t12?,14-/m0/s1. The molecule has 2 atom stereocenters. The normalized spacial score (nSPS) is 13.0. The Balaban J connectivity index is 2.28. The molecule has 1 amide bonds. The lowest BCUT2D eigenvalue weighted by Crippen LogP contribution is -2.42. The van der Waals surface area contributed by atoms with Gasteiger partial charge in [-0.25, -0.2) is 4.79 Å². The number of hydrogen-bond acceptors (Lipinski definition) is 6. The fraction of sp³-hybridized carbons (Fsp3) is 0.467. The van der Waals surface area contributed by atoms with Crippen LogP contribution in [0.1, 0.15) is 6.92 Å². The minimum Gasteiger partial charge on any atom is -0.491 e. The number of rotatable bonds is 9. The number of para-hydroxylation sites is 1. The van der Waals surface area contributed by atoms with Crippen molar-refractivity contribution < 1.29 is 24.2 Å². The van der Waals surface area contributed by atoms with Crippen molar-refractivity contribution >= 4 is 23.6 Å². The molecular weight excluding hydrogens is 306 g/mol. The third-order valence-electron chi connectivity index (χ3n) is 2.64. The van der Waals surface area contributed by atoms with E-state index in [0.717, 1.165) is 0 Å². The zero-order chi connectivity index (χ0) is 16.4. The first-order valence-corrected chi connectivity index (χ1v) is 7.97. The lowest BCUT2D eigenvalue weighted by molar-refractivity contribution is -0.144. The largest absolute Gasteiger partial charge is 0.491 e. The number of carbonyl (C=O) groups is 2. The first-order valence-electron chi connectivity index (χ1n) is 6.81. The maximum atomic E-state index is 11.5. The van der Waals surface area contributed by atoms with Crippen molar-refractivity contribution in [1.29, 1.82) is 0 Å². The second-order valence-corrected chi connectivity index (χ2v) is 5.67. The molecule has 0 saturated heterocycles. The molecule has 122 valence electrons. The summed E-state index contributed by atoms with van der Waals surface area (Å²) in [6, 6.07) is 8.49. The quantitative estimate of drug-likeness (QED) is 0.654. The van der Waals surface area contributed by atoms with Gasteiger partial charge in [0.05, 0.1) is 13.2 Å². The summed E-state index contributed by atoms with van der Waals surface area (Å²) in [5.74, 6) is 0.605. The molecule has 0 aliphatic carbocycles. The average Bonchev–Trinajstić information content (AvgIpc) is 2.51. The minimum absolute atomic E-state index is 0.167. The third kappa shape index (κ3) is 7.33. The van der Waals surface area contributed by atoms with Crippen LogP contribution >= 0.6 is 11.8 Å². The van der Waals surface area contributed by atoms with E-state index in [2.05, 4.69) is 10.1 Å². The molecule has 0 heterocycles. The summed E-state index contributed by atoms with van der Waals surface area (Å²) in [4.78, 5) is 22.5. The molecule has 1 rings (SSSR count). The van der Waals surface area contributed by atoms with Gasteiger partial charge >= 0.3 is 5.97 Å². The van der Waals surface area contributed by atoms with E-state index >= 15 is 0 Å². The van der Waals surface area contributed by atoms with E-state index in [4.69, 9.17) is 4.74 Å². The second kappa shape index (κ2) is 10.1. The molecule has 1 unspecified atom stereocenters. The highest BCUT2D eigenvalue weighted by Crippen LogP contribution is 2.11. The highest BCUT2D eigenvalue weighted by atomic mass is 32.2. The van der Waals surface area contributed by atoms with Gasteiger partial charge in [0.15, 0.2) is 0 Å². The Bertz CT molecular complexity index is 468. The number of methoxy groups -OCH3 is 1. The van der Waals surface area contributed by atoms with Crippen LogP contribution < -0.4 is 10.1 Å². The predicted molar refractivity (Wildman–Crippen MR) is 84.9 cm³/mol.